The van der Waals surface area contributed by atoms with Crippen LogP contribution in [0.25, 0.3) is 0 Å². The largest absolute Gasteiger partial charge is 0.507 e. The Bertz CT molecular complexity index is 1130. The minimum atomic E-state index is -0.200. The summed E-state index contributed by atoms with van der Waals surface area (Å²) in [7, 11) is 0. The lowest BCUT2D eigenvalue weighted by Crippen LogP contribution is -2.28. The second kappa shape index (κ2) is 10.2. The predicted molar refractivity (Wildman–Crippen MR) is 150 cm³/mol. The van der Waals surface area contributed by atoms with Gasteiger partial charge in [0.25, 0.3) is 0 Å². The second-order valence-electron chi connectivity index (χ2n) is 10.4. The van der Waals surface area contributed by atoms with Crippen molar-refractivity contribution in [3.05, 3.63) is 75.5 Å². The molecule has 0 unspecified atom stereocenters. The van der Waals surface area contributed by atoms with Crippen molar-refractivity contribution in [3.8, 4) is 5.75 Å². The number of benzene rings is 2. The van der Waals surface area contributed by atoms with E-state index in [0.717, 1.165) is 32.9 Å². The number of thiocarbonyl (C=S) groups is 1. The van der Waals surface area contributed by atoms with Crippen LogP contribution in [0.3, 0.4) is 0 Å². The van der Waals surface area contributed by atoms with E-state index >= 15 is 0 Å². The van der Waals surface area contributed by atoms with Crippen LogP contribution in [0.15, 0.2) is 58.9 Å². The number of nitrogens with zero attached hydrogens (tertiary/aromatic N) is 1. The summed E-state index contributed by atoms with van der Waals surface area (Å²) in [6.07, 6.45) is 0. The number of phenolic OH excluding ortho intramolecular Hbond substituents is 1. The molecule has 1 heterocycles. The first-order valence-corrected chi connectivity index (χ1v) is 12.5. The fourth-order valence-electron chi connectivity index (χ4n) is 3.51. The van der Waals surface area contributed by atoms with Crippen molar-refractivity contribution in [2.45, 2.75) is 58.9 Å². The number of aromatic hydroxyl groups is 1. The maximum Gasteiger partial charge on any atom is 0.171 e. The number of hydrogen-bond acceptors (Lipinski definition) is 4. The smallest absolute Gasteiger partial charge is 0.171 e. The number of aliphatic imine (C=N–C) groups is 1. The van der Waals surface area contributed by atoms with E-state index < -0.39 is 0 Å². The minimum Gasteiger partial charge on any atom is -0.507 e. The van der Waals surface area contributed by atoms with Gasteiger partial charge < -0.3 is 21.5 Å². The fraction of sp³-hybridized carbons (Fsp3) is 0.333. The number of hydrogen-bond donors (Lipinski definition) is 4. The molecule has 0 radical (unpaired) electrons. The summed E-state index contributed by atoms with van der Waals surface area (Å²) in [6.45, 7) is 13.1. The van der Waals surface area contributed by atoms with E-state index in [1.807, 2.05) is 53.9 Å². The fourth-order valence-corrected chi connectivity index (χ4v) is 4.33. The van der Waals surface area contributed by atoms with Gasteiger partial charge in [0.2, 0.25) is 0 Å². The summed E-state index contributed by atoms with van der Waals surface area (Å²) in [5.41, 5.74) is 10.2. The zero-order chi connectivity index (χ0) is 25.1. The van der Waals surface area contributed by atoms with E-state index in [1.54, 1.807) is 11.3 Å². The molecule has 5 nitrogen and oxygen atoms in total. The van der Waals surface area contributed by atoms with Gasteiger partial charge in [-0.3, -0.25) is 0 Å². The van der Waals surface area contributed by atoms with Crippen molar-refractivity contribution in [1.29, 1.82) is 0 Å². The highest BCUT2D eigenvalue weighted by Crippen LogP contribution is 2.41. The monoisotopic (exact) mass is 494 g/mol. The standard InChI is InChI=1S/C27H34N4OS2/c1-26(2,3)20-14-19(15-21(23(20)32)27(4,5)6)31-25(33)29-16-17-9-11-18(12-10-17)30-24(28)22-8-7-13-34-22/h7-15,32H,16H2,1-6H3,(H2,28,30)(H2,29,31,33). The first-order chi connectivity index (χ1) is 15.8. The summed E-state index contributed by atoms with van der Waals surface area (Å²) >= 11 is 7.12. The zero-order valence-electron chi connectivity index (χ0n) is 20.7. The molecule has 34 heavy (non-hydrogen) atoms. The molecule has 0 bridgehead atoms. The average Bonchev–Trinajstić information content (AvgIpc) is 3.28. The third-order valence-electron chi connectivity index (χ3n) is 5.40. The Morgan fingerprint density at radius 1 is 1.00 bits per heavy atom. The van der Waals surface area contributed by atoms with Gasteiger partial charge in [0.15, 0.2) is 5.11 Å². The number of anilines is 1. The molecule has 0 aliphatic heterocycles. The van der Waals surface area contributed by atoms with Gasteiger partial charge >= 0.3 is 0 Å². The third kappa shape index (κ3) is 6.58. The van der Waals surface area contributed by atoms with E-state index in [2.05, 4.69) is 57.2 Å². The molecule has 0 saturated heterocycles. The van der Waals surface area contributed by atoms with Crippen molar-refractivity contribution in [2.75, 3.05) is 5.32 Å². The van der Waals surface area contributed by atoms with Crippen LogP contribution < -0.4 is 16.4 Å². The summed E-state index contributed by atoms with van der Waals surface area (Å²) in [5, 5.41) is 20.0. The average molecular weight is 495 g/mol. The molecule has 0 amide bonds. The SMILES string of the molecule is CC(C)(C)c1cc(NC(=S)NCc2ccc(N=C(N)c3cccs3)cc2)cc(C(C)(C)C)c1O. The van der Waals surface area contributed by atoms with Crippen molar-refractivity contribution in [1.82, 2.24) is 5.32 Å². The Balaban J connectivity index is 1.67. The molecule has 0 atom stereocenters. The number of thiophene rings is 1. The maximum absolute atomic E-state index is 10.9. The highest BCUT2D eigenvalue weighted by atomic mass is 32.1. The summed E-state index contributed by atoms with van der Waals surface area (Å²) < 4.78 is 0. The van der Waals surface area contributed by atoms with Gasteiger partial charge in [-0.25, -0.2) is 4.99 Å². The topological polar surface area (TPSA) is 82.7 Å². The lowest BCUT2D eigenvalue weighted by Gasteiger charge is -2.28. The molecule has 3 aromatic rings. The number of nitrogens with one attached hydrogen (secondary N) is 2. The molecule has 0 aliphatic carbocycles. The van der Waals surface area contributed by atoms with Gasteiger partial charge in [0.1, 0.15) is 11.6 Å². The van der Waals surface area contributed by atoms with E-state index in [9.17, 15) is 5.11 Å². The lowest BCUT2D eigenvalue weighted by molar-refractivity contribution is 0.423. The highest BCUT2D eigenvalue weighted by molar-refractivity contribution is 7.80. The molecule has 7 heteroatoms. The number of phenols is 1. The van der Waals surface area contributed by atoms with Gasteiger partial charge in [0.05, 0.1) is 10.6 Å². The predicted octanol–water partition coefficient (Wildman–Crippen LogP) is 6.57. The Labute approximate surface area is 212 Å². The molecule has 0 spiro atoms. The zero-order valence-corrected chi connectivity index (χ0v) is 22.3. The van der Waals surface area contributed by atoms with Gasteiger partial charge in [-0.1, -0.05) is 59.7 Å². The molecule has 5 N–H and O–H groups in total. The van der Waals surface area contributed by atoms with E-state index in [4.69, 9.17) is 18.0 Å². The normalized spacial score (nSPS) is 12.5. The molecule has 2 aromatic carbocycles. The molecule has 3 rings (SSSR count). The summed E-state index contributed by atoms with van der Waals surface area (Å²) in [4.78, 5) is 5.44. The van der Waals surface area contributed by atoms with Gasteiger partial charge in [-0.05, 0) is 64.3 Å². The number of amidine groups is 1. The first-order valence-electron chi connectivity index (χ1n) is 11.2. The van der Waals surface area contributed by atoms with Crippen molar-refractivity contribution >= 4 is 45.9 Å². The Hall–Kier alpha value is -2.90. The van der Waals surface area contributed by atoms with Gasteiger partial charge in [-0.2, -0.15) is 0 Å². The molecule has 1 aromatic heterocycles. The Morgan fingerprint density at radius 3 is 2.09 bits per heavy atom. The van der Waals surface area contributed by atoms with Crippen LogP contribution in [0.2, 0.25) is 0 Å². The first kappa shape index (κ1) is 25.7. The Kier molecular flexibility index (Phi) is 7.68. The van der Waals surface area contributed by atoms with E-state index in [-0.39, 0.29) is 10.8 Å². The lowest BCUT2D eigenvalue weighted by atomic mass is 9.79. The minimum absolute atomic E-state index is 0.200. The quantitative estimate of drug-likeness (QED) is 0.139. The molecule has 0 aliphatic rings. The van der Waals surface area contributed by atoms with Crippen LogP contribution >= 0.6 is 23.6 Å². The second-order valence-corrected chi connectivity index (χ2v) is 11.7. The van der Waals surface area contributed by atoms with E-state index in [1.165, 1.54) is 0 Å². The molecule has 0 fully saturated rings. The molecule has 0 saturated carbocycles. The summed E-state index contributed by atoms with van der Waals surface area (Å²) in [6, 6.07) is 15.8. The van der Waals surface area contributed by atoms with Crippen molar-refractivity contribution < 1.29 is 5.11 Å². The number of rotatable bonds is 5. The molecule has 180 valence electrons. The third-order valence-corrected chi connectivity index (χ3v) is 6.54. The molecular weight excluding hydrogens is 460 g/mol. The van der Waals surface area contributed by atoms with Gasteiger partial charge in [0, 0.05) is 23.4 Å². The number of nitrogens with two attached hydrogens (primary N) is 1. The molecular formula is C27H34N4OS2. The van der Waals surface area contributed by atoms with Crippen LogP contribution in [-0.2, 0) is 17.4 Å². The van der Waals surface area contributed by atoms with E-state index in [0.29, 0.717) is 23.2 Å². The van der Waals surface area contributed by atoms with Crippen LogP contribution in [0, 0.1) is 0 Å². The Morgan fingerprint density at radius 2 is 1.59 bits per heavy atom. The van der Waals surface area contributed by atoms with Crippen molar-refractivity contribution in [2.24, 2.45) is 10.7 Å². The van der Waals surface area contributed by atoms with Crippen molar-refractivity contribution in [3.63, 3.8) is 0 Å². The van der Waals surface area contributed by atoms with Crippen LogP contribution in [0.5, 0.6) is 5.75 Å². The van der Waals surface area contributed by atoms with Crippen LogP contribution in [-0.4, -0.2) is 16.1 Å². The maximum atomic E-state index is 10.9. The summed E-state index contributed by atoms with van der Waals surface area (Å²) in [5.74, 6) is 0.872. The van der Waals surface area contributed by atoms with Crippen LogP contribution in [0.1, 0.15) is 63.1 Å². The highest BCUT2D eigenvalue weighted by Gasteiger charge is 2.26. The van der Waals surface area contributed by atoms with Crippen LogP contribution in [0.4, 0.5) is 11.4 Å². The van der Waals surface area contributed by atoms with Gasteiger partial charge in [-0.15, -0.1) is 11.3 Å².